The number of rotatable bonds is 6. The second-order valence-corrected chi connectivity index (χ2v) is 8.22. The molecule has 2 heterocycles. The van der Waals surface area contributed by atoms with Gasteiger partial charge in [0, 0.05) is 18.7 Å². The first-order chi connectivity index (χ1) is 12.7. The summed E-state index contributed by atoms with van der Waals surface area (Å²) >= 11 is 0. The van der Waals surface area contributed by atoms with Crippen LogP contribution >= 0.6 is 24.8 Å². The Bertz CT molecular complexity index is 553. The van der Waals surface area contributed by atoms with Crippen molar-refractivity contribution >= 4 is 36.4 Å². The van der Waals surface area contributed by atoms with Crippen molar-refractivity contribution in [3.8, 4) is 0 Å². The molecule has 0 saturated carbocycles. The van der Waals surface area contributed by atoms with Crippen LogP contribution in [0.25, 0.3) is 0 Å². The zero-order chi connectivity index (χ0) is 18.2. The molecule has 0 aromatic heterocycles. The van der Waals surface area contributed by atoms with Crippen LogP contribution in [-0.4, -0.2) is 37.0 Å². The van der Waals surface area contributed by atoms with E-state index in [2.05, 4.69) is 46.7 Å². The number of carbonyl (C=O) groups is 1. The highest BCUT2D eigenvalue weighted by Crippen LogP contribution is 2.23. The lowest BCUT2D eigenvalue weighted by Gasteiger charge is -2.28. The van der Waals surface area contributed by atoms with Crippen molar-refractivity contribution in [2.24, 2.45) is 11.8 Å². The van der Waals surface area contributed by atoms with E-state index >= 15 is 0 Å². The van der Waals surface area contributed by atoms with Gasteiger partial charge in [-0.25, -0.2) is 0 Å². The third-order valence-electron chi connectivity index (χ3n) is 5.99. The molecule has 28 heavy (non-hydrogen) atoms. The number of nitrogens with zero attached hydrogens (tertiary/aromatic N) is 1. The number of anilines is 1. The van der Waals surface area contributed by atoms with Crippen LogP contribution in [0.4, 0.5) is 5.69 Å². The molecule has 1 aromatic carbocycles. The average Bonchev–Trinajstić information content (AvgIpc) is 2.92. The molecular formula is C22H37Cl2N3O. The van der Waals surface area contributed by atoms with E-state index in [0.717, 1.165) is 25.3 Å². The molecule has 2 fully saturated rings. The number of hydrogen-bond acceptors (Lipinski definition) is 3. The van der Waals surface area contributed by atoms with E-state index in [1.807, 2.05) is 0 Å². The second kappa shape index (κ2) is 13.4. The van der Waals surface area contributed by atoms with Crippen LogP contribution in [0.3, 0.4) is 0 Å². The maximum absolute atomic E-state index is 12.4. The van der Waals surface area contributed by atoms with Crippen molar-refractivity contribution < 1.29 is 4.79 Å². The summed E-state index contributed by atoms with van der Waals surface area (Å²) in [6, 6.07) is 8.43. The number of hydrogen-bond donors (Lipinski definition) is 2. The van der Waals surface area contributed by atoms with Crippen LogP contribution in [0.1, 0.15) is 57.4 Å². The number of likely N-dealkylation sites (tertiary alicyclic amines) is 1. The Morgan fingerprint density at radius 1 is 1.11 bits per heavy atom. The fourth-order valence-electron chi connectivity index (χ4n) is 4.28. The van der Waals surface area contributed by atoms with Crippen molar-refractivity contribution in [1.82, 2.24) is 10.2 Å². The molecule has 3 rings (SSSR count). The van der Waals surface area contributed by atoms with Gasteiger partial charge in [-0.2, -0.15) is 0 Å². The number of benzene rings is 1. The van der Waals surface area contributed by atoms with Gasteiger partial charge in [-0.3, -0.25) is 9.69 Å². The molecule has 2 unspecified atom stereocenters. The number of carbonyl (C=O) groups excluding carboxylic acids is 1. The fraction of sp³-hybridized carbons (Fsp3) is 0.682. The largest absolute Gasteiger partial charge is 0.326 e. The quantitative estimate of drug-likeness (QED) is 0.677. The molecule has 6 heteroatoms. The molecule has 0 aliphatic carbocycles. The molecular weight excluding hydrogens is 393 g/mol. The van der Waals surface area contributed by atoms with Crippen molar-refractivity contribution in [1.29, 1.82) is 0 Å². The van der Waals surface area contributed by atoms with Crippen molar-refractivity contribution in [2.45, 2.75) is 58.4 Å². The van der Waals surface area contributed by atoms with E-state index in [-0.39, 0.29) is 30.7 Å². The average molecular weight is 430 g/mol. The van der Waals surface area contributed by atoms with E-state index in [4.69, 9.17) is 0 Å². The minimum absolute atomic E-state index is 0. The second-order valence-electron chi connectivity index (χ2n) is 8.22. The number of nitrogens with one attached hydrogen (secondary N) is 2. The van der Waals surface area contributed by atoms with Crippen LogP contribution < -0.4 is 10.6 Å². The van der Waals surface area contributed by atoms with Gasteiger partial charge in [0.2, 0.25) is 5.91 Å². The van der Waals surface area contributed by atoms with E-state index in [0.29, 0.717) is 18.3 Å². The molecule has 2 aliphatic rings. The first kappa shape index (κ1) is 25.2. The summed E-state index contributed by atoms with van der Waals surface area (Å²) in [5.41, 5.74) is 2.26. The zero-order valence-electron chi connectivity index (χ0n) is 17.1. The Balaban J connectivity index is 0.00000196. The highest BCUT2D eigenvalue weighted by Gasteiger charge is 2.22. The number of piperidine rings is 1. The van der Waals surface area contributed by atoms with Gasteiger partial charge in [-0.05, 0) is 81.4 Å². The summed E-state index contributed by atoms with van der Waals surface area (Å²) in [5.74, 6) is 1.21. The summed E-state index contributed by atoms with van der Waals surface area (Å²) in [7, 11) is 0. The van der Waals surface area contributed by atoms with Crippen LogP contribution in [-0.2, 0) is 11.3 Å². The minimum atomic E-state index is 0. The van der Waals surface area contributed by atoms with E-state index in [9.17, 15) is 4.79 Å². The highest BCUT2D eigenvalue weighted by molar-refractivity contribution is 5.90. The van der Waals surface area contributed by atoms with Gasteiger partial charge < -0.3 is 10.6 Å². The molecule has 0 spiro atoms. The van der Waals surface area contributed by atoms with Gasteiger partial charge in [-0.15, -0.1) is 24.8 Å². The van der Waals surface area contributed by atoms with Crippen LogP contribution in [0.5, 0.6) is 0 Å². The van der Waals surface area contributed by atoms with Gasteiger partial charge in [0.05, 0.1) is 0 Å². The van der Waals surface area contributed by atoms with Crippen LogP contribution in [0, 0.1) is 11.8 Å². The van der Waals surface area contributed by atoms with Crippen LogP contribution in [0.15, 0.2) is 24.3 Å². The summed E-state index contributed by atoms with van der Waals surface area (Å²) in [6.45, 7) is 7.85. The maximum atomic E-state index is 12.4. The molecule has 2 N–H and O–H groups in total. The molecule has 0 bridgehead atoms. The lowest BCUT2D eigenvalue weighted by molar-refractivity contribution is -0.117. The molecule has 0 radical (unpaired) electrons. The van der Waals surface area contributed by atoms with E-state index in [1.54, 1.807) is 0 Å². The lowest BCUT2D eigenvalue weighted by Crippen LogP contribution is -2.34. The number of halogens is 2. The number of amides is 1. The van der Waals surface area contributed by atoms with Gasteiger partial charge in [-0.1, -0.05) is 31.9 Å². The van der Waals surface area contributed by atoms with E-state index < -0.39 is 0 Å². The summed E-state index contributed by atoms with van der Waals surface area (Å²) in [4.78, 5) is 14.9. The topological polar surface area (TPSA) is 44.4 Å². The molecule has 1 aromatic rings. The fourth-order valence-corrected chi connectivity index (χ4v) is 4.28. The molecule has 4 nitrogen and oxygen atoms in total. The molecule has 1 amide bonds. The molecule has 2 saturated heterocycles. The van der Waals surface area contributed by atoms with Gasteiger partial charge in [0.1, 0.15) is 0 Å². The van der Waals surface area contributed by atoms with Crippen LogP contribution in [0.2, 0.25) is 0 Å². The van der Waals surface area contributed by atoms with E-state index in [1.165, 1.54) is 57.2 Å². The third kappa shape index (κ3) is 8.28. The molecule has 160 valence electrons. The van der Waals surface area contributed by atoms with Gasteiger partial charge >= 0.3 is 0 Å². The predicted octanol–water partition coefficient (Wildman–Crippen LogP) is 4.87. The Labute approximate surface area is 183 Å². The van der Waals surface area contributed by atoms with Gasteiger partial charge in [0.25, 0.3) is 0 Å². The van der Waals surface area contributed by atoms with Crippen molar-refractivity contribution in [3.63, 3.8) is 0 Å². The van der Waals surface area contributed by atoms with Gasteiger partial charge in [0.15, 0.2) is 0 Å². The van der Waals surface area contributed by atoms with Crippen molar-refractivity contribution in [2.75, 3.05) is 31.5 Å². The Morgan fingerprint density at radius 3 is 2.39 bits per heavy atom. The van der Waals surface area contributed by atoms with Crippen molar-refractivity contribution in [3.05, 3.63) is 29.8 Å². The lowest BCUT2D eigenvalue weighted by atomic mass is 9.85. The standard InChI is InChI=1S/C22H35N3O.2ClH/c1-18(20-7-6-12-23-16-20)15-22(26)24-21-10-8-19(9-11-21)17-25-13-4-2-3-5-14-25;;/h8-11,18,20,23H,2-7,12-17H2,1H3,(H,24,26);2*1H. The third-order valence-corrected chi connectivity index (χ3v) is 5.99. The first-order valence-electron chi connectivity index (χ1n) is 10.5. The normalized spacial score (nSPS) is 21.5. The monoisotopic (exact) mass is 429 g/mol. The molecule has 2 aliphatic heterocycles. The summed E-state index contributed by atoms with van der Waals surface area (Å²) < 4.78 is 0. The maximum Gasteiger partial charge on any atom is 0.224 e. The Kier molecular flexibility index (Phi) is 12.1. The Hall–Kier alpha value is -0.810. The zero-order valence-corrected chi connectivity index (χ0v) is 18.8. The molecule has 2 atom stereocenters. The highest BCUT2D eigenvalue weighted by atomic mass is 35.5. The summed E-state index contributed by atoms with van der Waals surface area (Å²) in [5, 5.41) is 6.53. The smallest absolute Gasteiger partial charge is 0.224 e. The Morgan fingerprint density at radius 2 is 1.79 bits per heavy atom. The first-order valence-corrected chi connectivity index (χ1v) is 10.5. The minimum Gasteiger partial charge on any atom is -0.326 e. The predicted molar refractivity (Wildman–Crippen MR) is 123 cm³/mol. The SMILES string of the molecule is CC(CC(=O)Nc1ccc(CN2CCCCCC2)cc1)C1CCCNC1.Cl.Cl. The summed E-state index contributed by atoms with van der Waals surface area (Å²) in [6.07, 6.45) is 8.48.